The molecule has 50 heavy (non-hydrogen) atoms. The minimum atomic E-state index is -1.05. The predicted molar refractivity (Wildman–Crippen MR) is 186 cm³/mol. The first-order valence-corrected chi connectivity index (χ1v) is 17.3. The highest BCUT2D eigenvalue weighted by molar-refractivity contribution is 6.31. The Balaban J connectivity index is 1.19. The van der Waals surface area contributed by atoms with Crippen molar-refractivity contribution in [2.75, 3.05) is 37.6 Å². The Morgan fingerprint density at radius 3 is 2.40 bits per heavy atom. The number of benzene rings is 3. The maximum Gasteiger partial charge on any atom is 0.335 e. The van der Waals surface area contributed by atoms with Crippen molar-refractivity contribution in [3.05, 3.63) is 106 Å². The Labute approximate surface area is 293 Å². The molecule has 1 aromatic heterocycles. The number of anilines is 1. The molecular formula is C37H37ClFN7O4. The highest BCUT2D eigenvalue weighted by atomic mass is 35.5. The van der Waals surface area contributed by atoms with Crippen molar-refractivity contribution in [2.24, 2.45) is 0 Å². The van der Waals surface area contributed by atoms with Crippen molar-refractivity contribution < 1.29 is 23.9 Å². The van der Waals surface area contributed by atoms with E-state index in [9.17, 15) is 19.5 Å². The summed E-state index contributed by atoms with van der Waals surface area (Å²) in [6, 6.07) is 14.8. The van der Waals surface area contributed by atoms with E-state index in [1.165, 1.54) is 72.2 Å². The average Bonchev–Trinajstić information content (AvgIpc) is 3.88. The van der Waals surface area contributed by atoms with E-state index < -0.39 is 23.7 Å². The molecule has 1 N–H and O–H groups in total. The largest absolute Gasteiger partial charge is 0.478 e. The van der Waals surface area contributed by atoms with Crippen molar-refractivity contribution in [3.8, 4) is 5.69 Å². The standard InChI is InChI=1S/C37H37ClFN7O4/c38-30-11-12-32(46-23-40-41-42-46)29(35(30)39)10-13-34(48)45-21-16-27-28(36(45)33(47)22-24-6-8-25(9-7-24)37(49)50)4-3-5-31(27)44-19-14-26(15-20-44)43-17-1-2-18-43/h3-13,23,26,36H,1-2,14-22H2,(H,49,50)/b13-10+. The molecule has 3 aliphatic heterocycles. The van der Waals surface area contributed by atoms with Crippen LogP contribution in [0.3, 0.4) is 0 Å². The molecule has 4 aromatic rings. The lowest BCUT2D eigenvalue weighted by molar-refractivity contribution is -0.136. The van der Waals surface area contributed by atoms with Gasteiger partial charge in [0.15, 0.2) is 11.6 Å². The van der Waals surface area contributed by atoms with Crippen LogP contribution in [-0.2, 0) is 22.4 Å². The average molecular weight is 698 g/mol. The molecule has 1 atom stereocenters. The second-order valence-electron chi connectivity index (χ2n) is 13.0. The molecule has 0 radical (unpaired) electrons. The topological polar surface area (TPSA) is 125 Å². The van der Waals surface area contributed by atoms with Gasteiger partial charge >= 0.3 is 5.97 Å². The number of hydrogen-bond acceptors (Lipinski definition) is 8. The molecule has 258 valence electrons. The molecule has 7 rings (SSSR count). The van der Waals surface area contributed by atoms with E-state index >= 15 is 4.39 Å². The minimum Gasteiger partial charge on any atom is -0.478 e. The number of carboxylic acids is 1. The fourth-order valence-electron chi connectivity index (χ4n) is 7.61. The molecule has 3 aromatic carbocycles. The third-order valence-electron chi connectivity index (χ3n) is 10.1. The number of ketones is 1. The first-order chi connectivity index (χ1) is 24.3. The second kappa shape index (κ2) is 14.5. The molecule has 1 amide bonds. The molecule has 11 nitrogen and oxygen atoms in total. The maximum atomic E-state index is 15.3. The van der Waals surface area contributed by atoms with Crippen molar-refractivity contribution >= 4 is 41.0 Å². The van der Waals surface area contributed by atoms with Gasteiger partial charge in [-0.2, -0.15) is 4.68 Å². The number of nitrogens with zero attached hydrogens (tertiary/aromatic N) is 7. The lowest BCUT2D eigenvalue weighted by Gasteiger charge is -2.41. The number of Topliss-reactive ketones (excluding diaryl/α,β-unsaturated/α-hetero) is 1. The van der Waals surface area contributed by atoms with E-state index in [4.69, 9.17) is 11.6 Å². The number of hydrogen-bond donors (Lipinski definition) is 1. The molecule has 0 saturated carbocycles. The SMILES string of the molecule is O=C(O)c1ccc(CC(=O)C2c3cccc(N4CCC(N5CCCC5)CC4)c3CCN2C(=O)/C=C/c2c(-n3cnnn3)ccc(Cl)c2F)cc1. The number of likely N-dealkylation sites (tertiary alicyclic amines) is 1. The van der Waals surface area contributed by atoms with Crippen LogP contribution in [0.5, 0.6) is 0 Å². The first kappa shape index (κ1) is 33.6. The quantitative estimate of drug-likeness (QED) is 0.236. The number of aromatic carboxylic acids is 1. The number of piperidine rings is 1. The van der Waals surface area contributed by atoms with Crippen LogP contribution < -0.4 is 4.90 Å². The van der Waals surface area contributed by atoms with Crippen LogP contribution in [0.25, 0.3) is 11.8 Å². The molecule has 1 unspecified atom stereocenters. The zero-order valence-corrected chi connectivity index (χ0v) is 28.2. The van der Waals surface area contributed by atoms with Crippen molar-refractivity contribution in [1.29, 1.82) is 0 Å². The number of halogens is 2. The Bertz CT molecular complexity index is 1920. The molecule has 13 heteroatoms. The summed E-state index contributed by atoms with van der Waals surface area (Å²) in [5.74, 6) is -2.45. The minimum absolute atomic E-state index is 0.00464. The number of fused-ring (bicyclic) bond motifs is 1. The highest BCUT2D eigenvalue weighted by Crippen LogP contribution is 2.38. The van der Waals surface area contributed by atoms with E-state index in [0.29, 0.717) is 23.7 Å². The first-order valence-electron chi connectivity index (χ1n) is 16.9. The van der Waals surface area contributed by atoms with Gasteiger partial charge in [0, 0.05) is 49.4 Å². The van der Waals surface area contributed by atoms with Crippen LogP contribution >= 0.6 is 11.6 Å². The van der Waals surface area contributed by atoms with Crippen molar-refractivity contribution in [1.82, 2.24) is 30.0 Å². The van der Waals surface area contributed by atoms with E-state index in [2.05, 4.69) is 31.4 Å². The van der Waals surface area contributed by atoms with E-state index in [-0.39, 0.29) is 34.9 Å². The molecule has 0 spiro atoms. The molecule has 2 saturated heterocycles. The van der Waals surface area contributed by atoms with Crippen LogP contribution in [-0.4, -0.2) is 91.5 Å². The van der Waals surface area contributed by atoms with Gasteiger partial charge in [0.2, 0.25) is 5.91 Å². The van der Waals surface area contributed by atoms with Crippen LogP contribution in [0.1, 0.15) is 64.3 Å². The monoisotopic (exact) mass is 697 g/mol. The number of tetrazole rings is 1. The van der Waals surface area contributed by atoms with Crippen LogP contribution in [0.15, 0.2) is 67.0 Å². The fraction of sp³-hybridized carbons (Fsp3) is 0.351. The van der Waals surface area contributed by atoms with Gasteiger partial charge in [-0.15, -0.1) is 5.10 Å². The number of carbonyl (C=O) groups excluding carboxylic acids is 2. The zero-order valence-electron chi connectivity index (χ0n) is 27.4. The van der Waals surface area contributed by atoms with Gasteiger partial charge in [-0.3, -0.25) is 9.59 Å². The molecule has 2 fully saturated rings. The summed E-state index contributed by atoms with van der Waals surface area (Å²) in [6.07, 6.45) is 9.15. The van der Waals surface area contributed by atoms with Gasteiger partial charge in [-0.25, -0.2) is 9.18 Å². The third-order valence-corrected chi connectivity index (χ3v) is 10.4. The third kappa shape index (κ3) is 6.77. The van der Waals surface area contributed by atoms with E-state index in [1.807, 2.05) is 12.1 Å². The summed E-state index contributed by atoms with van der Waals surface area (Å²) in [6.45, 7) is 4.48. The molecule has 4 heterocycles. The molecule has 0 aliphatic carbocycles. The summed E-state index contributed by atoms with van der Waals surface area (Å²) < 4.78 is 16.6. The Kier molecular flexibility index (Phi) is 9.73. The summed E-state index contributed by atoms with van der Waals surface area (Å²) in [5.41, 5.74) is 4.01. The lowest BCUT2D eigenvalue weighted by Crippen LogP contribution is -2.46. The zero-order chi connectivity index (χ0) is 34.8. The Morgan fingerprint density at radius 1 is 0.940 bits per heavy atom. The Morgan fingerprint density at radius 2 is 1.70 bits per heavy atom. The van der Waals surface area contributed by atoms with Crippen molar-refractivity contribution in [3.63, 3.8) is 0 Å². The van der Waals surface area contributed by atoms with Crippen LogP contribution in [0, 0.1) is 5.82 Å². The normalized spacial score (nSPS) is 18.5. The highest BCUT2D eigenvalue weighted by Gasteiger charge is 2.37. The smallest absolute Gasteiger partial charge is 0.335 e. The van der Waals surface area contributed by atoms with Gasteiger partial charge in [-0.05, 0) is 109 Å². The summed E-state index contributed by atoms with van der Waals surface area (Å²) in [4.78, 5) is 46.3. The van der Waals surface area contributed by atoms with E-state index in [1.54, 1.807) is 18.2 Å². The Hall–Kier alpha value is -4.94. The number of rotatable bonds is 9. The summed E-state index contributed by atoms with van der Waals surface area (Å²) in [7, 11) is 0. The van der Waals surface area contributed by atoms with Gasteiger partial charge < -0.3 is 19.8 Å². The van der Waals surface area contributed by atoms with Gasteiger partial charge in [0.25, 0.3) is 0 Å². The summed E-state index contributed by atoms with van der Waals surface area (Å²) >= 11 is 6.11. The van der Waals surface area contributed by atoms with Gasteiger partial charge in [0.1, 0.15) is 12.4 Å². The fourth-order valence-corrected chi connectivity index (χ4v) is 7.77. The number of carboxylic acid groups (broad SMARTS) is 1. The molecule has 0 bridgehead atoms. The predicted octanol–water partition coefficient (Wildman–Crippen LogP) is 5.17. The number of carbonyl (C=O) groups is 3. The van der Waals surface area contributed by atoms with Gasteiger partial charge in [-0.1, -0.05) is 35.9 Å². The van der Waals surface area contributed by atoms with Gasteiger partial charge in [0.05, 0.1) is 16.3 Å². The molecular weight excluding hydrogens is 661 g/mol. The second-order valence-corrected chi connectivity index (χ2v) is 13.4. The van der Waals surface area contributed by atoms with Crippen LogP contribution in [0.2, 0.25) is 5.02 Å². The van der Waals surface area contributed by atoms with Crippen molar-refractivity contribution in [2.45, 2.75) is 50.6 Å². The van der Waals surface area contributed by atoms with Crippen LogP contribution in [0.4, 0.5) is 10.1 Å². The number of aromatic nitrogens is 4. The number of amides is 1. The van der Waals surface area contributed by atoms with E-state index in [0.717, 1.165) is 42.7 Å². The molecule has 3 aliphatic rings. The maximum absolute atomic E-state index is 15.3. The summed E-state index contributed by atoms with van der Waals surface area (Å²) in [5, 5.41) is 20.3. The lowest BCUT2D eigenvalue weighted by atomic mass is 9.86.